The molecule has 2 aromatic carbocycles. The number of rotatable bonds is 0. The molecule has 2 nitrogen and oxygen atoms in total. The molecular weight excluding hydrogens is 289 g/mol. The summed E-state index contributed by atoms with van der Waals surface area (Å²) in [6.07, 6.45) is 0. The molecule has 4 aromatic rings. The lowest BCUT2D eigenvalue weighted by atomic mass is 10.1. The van der Waals surface area contributed by atoms with Crippen LogP contribution in [0.1, 0.15) is 0 Å². The summed E-state index contributed by atoms with van der Waals surface area (Å²) in [5.41, 5.74) is 1.47. The van der Waals surface area contributed by atoms with Gasteiger partial charge in [0, 0.05) is 21.5 Å². The third-order valence-corrected chi connectivity index (χ3v) is 4.72. The molecule has 2 heterocycles. The van der Waals surface area contributed by atoms with Crippen molar-refractivity contribution in [3.63, 3.8) is 0 Å². The number of benzene rings is 2. The highest BCUT2D eigenvalue weighted by Crippen LogP contribution is 2.39. The summed E-state index contributed by atoms with van der Waals surface area (Å²) in [6, 6.07) is 9.88. The molecule has 88 valence electrons. The number of halogens is 2. The molecule has 5 heteroatoms. The van der Waals surface area contributed by atoms with Crippen molar-refractivity contribution in [2.75, 3.05) is 0 Å². The molecule has 18 heavy (non-hydrogen) atoms. The van der Waals surface area contributed by atoms with Gasteiger partial charge in [-0.25, -0.2) is 0 Å². The quantitative estimate of drug-likeness (QED) is 0.428. The van der Waals surface area contributed by atoms with E-state index in [1.54, 1.807) is 11.3 Å². The Labute approximate surface area is 116 Å². The predicted octanol–water partition coefficient (Wildman–Crippen LogP) is 5.50. The van der Waals surface area contributed by atoms with E-state index < -0.39 is 0 Å². The number of hydrogen-bond donors (Lipinski definition) is 0. The molecule has 0 saturated carbocycles. The van der Waals surface area contributed by atoms with Crippen molar-refractivity contribution in [1.82, 2.24) is 4.98 Å². The molecule has 4 rings (SSSR count). The van der Waals surface area contributed by atoms with Crippen LogP contribution in [0.2, 0.25) is 10.4 Å². The topological polar surface area (TPSA) is 26.0 Å². The summed E-state index contributed by atoms with van der Waals surface area (Å²) < 4.78 is 7.54. The van der Waals surface area contributed by atoms with E-state index in [2.05, 4.69) is 11.1 Å². The molecule has 0 N–H and O–H groups in total. The zero-order valence-corrected chi connectivity index (χ0v) is 11.2. The summed E-state index contributed by atoms with van der Waals surface area (Å²) in [5.74, 6) is 0. The fourth-order valence-electron chi connectivity index (χ4n) is 2.16. The van der Waals surface area contributed by atoms with Gasteiger partial charge >= 0.3 is 0 Å². The molecule has 2 aromatic heterocycles. The largest absolute Gasteiger partial charge is 0.428 e. The van der Waals surface area contributed by atoms with Gasteiger partial charge in [0.05, 0.1) is 9.72 Å². The maximum absolute atomic E-state index is 6.21. The molecule has 0 saturated heterocycles. The Morgan fingerprint density at radius 2 is 2.00 bits per heavy atom. The van der Waals surface area contributed by atoms with Crippen LogP contribution in [0.3, 0.4) is 0 Å². The predicted molar refractivity (Wildman–Crippen MR) is 76.9 cm³/mol. The smallest absolute Gasteiger partial charge is 0.293 e. The minimum atomic E-state index is 0.171. The minimum Gasteiger partial charge on any atom is -0.428 e. The second-order valence-corrected chi connectivity index (χ2v) is 5.78. The average molecular weight is 294 g/mol. The van der Waals surface area contributed by atoms with Crippen molar-refractivity contribution in [3.8, 4) is 0 Å². The minimum absolute atomic E-state index is 0.171. The van der Waals surface area contributed by atoms with Gasteiger partial charge in [-0.05, 0) is 23.7 Å². The number of aromatic nitrogens is 1. The van der Waals surface area contributed by atoms with Crippen LogP contribution >= 0.6 is 34.5 Å². The maximum atomic E-state index is 6.21. The van der Waals surface area contributed by atoms with Crippen molar-refractivity contribution in [3.05, 3.63) is 40.7 Å². The lowest BCUT2D eigenvalue weighted by Crippen LogP contribution is -1.69. The van der Waals surface area contributed by atoms with Crippen LogP contribution in [-0.2, 0) is 0 Å². The summed E-state index contributed by atoms with van der Waals surface area (Å²) in [7, 11) is 0. The first-order valence-electron chi connectivity index (χ1n) is 5.29. The average Bonchev–Trinajstić information content (AvgIpc) is 2.86. The van der Waals surface area contributed by atoms with E-state index in [1.807, 2.05) is 24.3 Å². The Hall–Kier alpha value is -1.29. The zero-order valence-electron chi connectivity index (χ0n) is 8.91. The summed E-state index contributed by atoms with van der Waals surface area (Å²) in [4.78, 5) is 4.14. The highest BCUT2D eigenvalue weighted by Gasteiger charge is 2.11. The molecule has 0 fully saturated rings. The van der Waals surface area contributed by atoms with Crippen LogP contribution in [0.15, 0.2) is 34.7 Å². The highest BCUT2D eigenvalue weighted by atomic mass is 35.5. The van der Waals surface area contributed by atoms with Gasteiger partial charge in [0.2, 0.25) is 0 Å². The summed E-state index contributed by atoms with van der Waals surface area (Å²) in [6.45, 7) is 0. The Bertz CT molecular complexity index is 909. The van der Waals surface area contributed by atoms with Gasteiger partial charge in [-0.3, -0.25) is 0 Å². The second-order valence-electron chi connectivity index (χ2n) is 4.00. The third kappa shape index (κ3) is 1.38. The first-order valence-corrected chi connectivity index (χ1v) is 6.86. The number of thiophene rings is 1. The highest BCUT2D eigenvalue weighted by molar-refractivity contribution is 7.26. The number of hydrogen-bond acceptors (Lipinski definition) is 3. The Morgan fingerprint density at radius 1 is 1.11 bits per heavy atom. The monoisotopic (exact) mass is 293 g/mol. The van der Waals surface area contributed by atoms with Crippen molar-refractivity contribution in [2.45, 2.75) is 0 Å². The Balaban J connectivity index is 2.25. The van der Waals surface area contributed by atoms with E-state index in [4.69, 9.17) is 27.6 Å². The van der Waals surface area contributed by atoms with E-state index in [0.29, 0.717) is 5.58 Å². The second kappa shape index (κ2) is 3.60. The van der Waals surface area contributed by atoms with E-state index in [1.165, 1.54) is 0 Å². The third-order valence-electron chi connectivity index (χ3n) is 2.93. The molecule has 0 unspecified atom stereocenters. The van der Waals surface area contributed by atoms with Crippen molar-refractivity contribution in [2.24, 2.45) is 0 Å². The molecule has 0 spiro atoms. The van der Waals surface area contributed by atoms with Gasteiger partial charge in [0.1, 0.15) is 5.52 Å². The van der Waals surface area contributed by atoms with Crippen molar-refractivity contribution < 1.29 is 4.42 Å². The first kappa shape index (κ1) is 10.6. The zero-order chi connectivity index (χ0) is 12.3. The standard InChI is InChI=1S/C13H5Cl2NOS/c14-8-3-1-2-6-7-4-9-10(17-13(15)16-9)5-11(7)18-12(6)8/h1-5H. The van der Waals surface area contributed by atoms with E-state index >= 15 is 0 Å². The van der Waals surface area contributed by atoms with E-state index in [-0.39, 0.29) is 5.35 Å². The molecule has 0 aliphatic heterocycles. The van der Waals surface area contributed by atoms with Gasteiger partial charge in [0.25, 0.3) is 5.35 Å². The Morgan fingerprint density at radius 3 is 2.89 bits per heavy atom. The van der Waals surface area contributed by atoms with E-state index in [9.17, 15) is 0 Å². The summed E-state index contributed by atoms with van der Waals surface area (Å²) in [5, 5.41) is 3.22. The number of nitrogens with zero attached hydrogens (tertiary/aromatic N) is 1. The first-order chi connectivity index (χ1) is 8.72. The normalized spacial score (nSPS) is 11.9. The van der Waals surface area contributed by atoms with Crippen LogP contribution in [0, 0.1) is 0 Å². The fraction of sp³-hybridized carbons (Fsp3) is 0. The van der Waals surface area contributed by atoms with Crippen LogP contribution < -0.4 is 0 Å². The van der Waals surface area contributed by atoms with Gasteiger partial charge in [-0.15, -0.1) is 11.3 Å². The molecule has 0 bridgehead atoms. The van der Waals surface area contributed by atoms with Gasteiger partial charge in [-0.1, -0.05) is 23.7 Å². The van der Waals surface area contributed by atoms with Gasteiger partial charge in [0.15, 0.2) is 5.58 Å². The van der Waals surface area contributed by atoms with E-state index in [0.717, 1.165) is 30.7 Å². The maximum Gasteiger partial charge on any atom is 0.293 e. The van der Waals surface area contributed by atoms with Crippen LogP contribution in [0.5, 0.6) is 0 Å². The molecule has 0 amide bonds. The Kier molecular flexibility index (Phi) is 2.13. The molecule has 0 aliphatic carbocycles. The van der Waals surface area contributed by atoms with Gasteiger partial charge in [-0.2, -0.15) is 4.98 Å². The lowest BCUT2D eigenvalue weighted by Gasteiger charge is -1.92. The van der Waals surface area contributed by atoms with Crippen LogP contribution in [-0.4, -0.2) is 4.98 Å². The molecule has 0 atom stereocenters. The van der Waals surface area contributed by atoms with Crippen molar-refractivity contribution in [1.29, 1.82) is 0 Å². The summed E-state index contributed by atoms with van der Waals surface area (Å²) >= 11 is 13.6. The lowest BCUT2D eigenvalue weighted by molar-refractivity contribution is 0.605. The van der Waals surface area contributed by atoms with Gasteiger partial charge < -0.3 is 4.42 Å². The molecular formula is C13H5Cl2NOS. The van der Waals surface area contributed by atoms with Crippen LogP contribution in [0.4, 0.5) is 0 Å². The fourth-order valence-corrected chi connectivity index (χ4v) is 3.74. The number of oxazole rings is 1. The molecule has 0 radical (unpaired) electrons. The number of fused-ring (bicyclic) bond motifs is 4. The van der Waals surface area contributed by atoms with Crippen molar-refractivity contribution >= 4 is 65.8 Å². The van der Waals surface area contributed by atoms with Crippen LogP contribution in [0.25, 0.3) is 31.3 Å². The molecule has 0 aliphatic rings. The SMILES string of the molecule is Clc1nc2cc3c(cc2o1)sc1c(Cl)cccc13.